The summed E-state index contributed by atoms with van der Waals surface area (Å²) in [5.41, 5.74) is 1.27. The molecule has 0 aliphatic rings. The van der Waals surface area contributed by atoms with Gasteiger partial charge in [0.2, 0.25) is 0 Å². The Balaban J connectivity index is 1.87. The van der Waals surface area contributed by atoms with Crippen LogP contribution in [0.3, 0.4) is 0 Å². The van der Waals surface area contributed by atoms with Crippen molar-refractivity contribution in [3.05, 3.63) is 34.9 Å². The summed E-state index contributed by atoms with van der Waals surface area (Å²) >= 11 is 5.82. The van der Waals surface area contributed by atoms with Crippen LogP contribution in [0.5, 0.6) is 0 Å². The van der Waals surface area contributed by atoms with Crippen molar-refractivity contribution in [3.8, 4) is 0 Å². The van der Waals surface area contributed by atoms with E-state index < -0.39 is 5.97 Å². The highest BCUT2D eigenvalue weighted by molar-refractivity contribution is 6.30. The van der Waals surface area contributed by atoms with Crippen molar-refractivity contribution in [2.24, 2.45) is 0 Å². The molecule has 0 saturated heterocycles. The van der Waals surface area contributed by atoms with Gasteiger partial charge in [-0.3, -0.25) is 4.79 Å². The maximum absolute atomic E-state index is 10.3. The highest BCUT2D eigenvalue weighted by Crippen LogP contribution is 2.10. The minimum atomic E-state index is -0.768. The van der Waals surface area contributed by atoms with E-state index in [9.17, 15) is 4.79 Å². The average Bonchev–Trinajstić information content (AvgIpc) is 2.42. The van der Waals surface area contributed by atoms with E-state index in [-0.39, 0.29) is 6.42 Å². The van der Waals surface area contributed by atoms with Gasteiger partial charge in [-0.1, -0.05) is 23.7 Å². The normalized spacial score (nSPS) is 10.7. The van der Waals surface area contributed by atoms with Crippen LogP contribution in [0, 0.1) is 0 Å². The van der Waals surface area contributed by atoms with Gasteiger partial charge < -0.3 is 15.2 Å². The van der Waals surface area contributed by atoms with Crippen molar-refractivity contribution in [3.63, 3.8) is 0 Å². The minimum Gasteiger partial charge on any atom is -0.481 e. The molecule has 0 atom stereocenters. The lowest BCUT2D eigenvalue weighted by atomic mass is 10.1. The van der Waals surface area contributed by atoms with Crippen LogP contribution < -0.4 is 5.32 Å². The maximum Gasteiger partial charge on any atom is 0.304 e. The van der Waals surface area contributed by atoms with Gasteiger partial charge in [-0.05, 0) is 43.5 Å². The van der Waals surface area contributed by atoms with Crippen LogP contribution in [0.2, 0.25) is 5.02 Å². The summed E-state index contributed by atoms with van der Waals surface area (Å²) in [4.78, 5) is 10.3. The molecule has 1 aromatic rings. The van der Waals surface area contributed by atoms with Crippen molar-refractivity contribution in [1.29, 1.82) is 0 Å². The molecule has 5 heteroatoms. The molecular weight excluding hydrogens is 278 g/mol. The number of nitrogens with one attached hydrogen (secondary N) is 1. The predicted molar refractivity (Wildman–Crippen MR) is 80.3 cm³/mol. The molecule has 1 aromatic carbocycles. The van der Waals surface area contributed by atoms with Gasteiger partial charge in [-0.2, -0.15) is 0 Å². The number of carbonyl (C=O) groups is 1. The lowest BCUT2D eigenvalue weighted by Crippen LogP contribution is -2.20. The van der Waals surface area contributed by atoms with Crippen molar-refractivity contribution in [2.45, 2.75) is 25.7 Å². The van der Waals surface area contributed by atoms with Crippen LogP contribution >= 0.6 is 11.6 Å². The molecule has 0 unspecified atom stereocenters. The number of rotatable bonds is 11. The summed E-state index contributed by atoms with van der Waals surface area (Å²) in [6.07, 6.45) is 3.06. The first-order chi connectivity index (χ1) is 9.68. The zero-order valence-corrected chi connectivity index (χ0v) is 12.4. The molecule has 0 heterocycles. The van der Waals surface area contributed by atoms with Crippen molar-refractivity contribution in [1.82, 2.24) is 5.32 Å². The van der Waals surface area contributed by atoms with Gasteiger partial charge in [-0.25, -0.2) is 0 Å². The largest absolute Gasteiger partial charge is 0.481 e. The van der Waals surface area contributed by atoms with Crippen molar-refractivity contribution in [2.75, 3.05) is 26.3 Å². The van der Waals surface area contributed by atoms with Crippen molar-refractivity contribution < 1.29 is 14.6 Å². The number of hydrogen-bond donors (Lipinski definition) is 2. The molecule has 0 aromatic heterocycles. The number of halogens is 1. The Morgan fingerprint density at radius 3 is 2.55 bits per heavy atom. The first kappa shape index (κ1) is 17.0. The Morgan fingerprint density at radius 1 is 1.15 bits per heavy atom. The minimum absolute atomic E-state index is 0.169. The monoisotopic (exact) mass is 299 g/mol. The zero-order valence-electron chi connectivity index (χ0n) is 11.6. The van der Waals surface area contributed by atoms with Crippen LogP contribution in [-0.4, -0.2) is 37.4 Å². The van der Waals surface area contributed by atoms with E-state index in [1.165, 1.54) is 5.56 Å². The molecule has 0 bridgehead atoms. The Morgan fingerprint density at radius 2 is 1.85 bits per heavy atom. The van der Waals surface area contributed by atoms with E-state index in [2.05, 4.69) is 5.32 Å². The SMILES string of the molecule is O=C(O)CCNCCCOCCCc1ccc(Cl)cc1. The Hall–Kier alpha value is -1.10. The second-order valence-corrected chi connectivity index (χ2v) is 5.03. The molecule has 0 saturated carbocycles. The summed E-state index contributed by atoms with van der Waals surface area (Å²) in [6, 6.07) is 7.88. The molecule has 20 heavy (non-hydrogen) atoms. The predicted octanol–water partition coefficient (Wildman–Crippen LogP) is 2.74. The molecular formula is C15H22ClNO3. The van der Waals surface area contributed by atoms with Crippen LogP contribution in [-0.2, 0) is 16.0 Å². The summed E-state index contributed by atoms with van der Waals surface area (Å²) in [7, 11) is 0. The molecule has 4 nitrogen and oxygen atoms in total. The number of aryl methyl sites for hydroxylation is 1. The van der Waals surface area contributed by atoms with Gasteiger partial charge in [0.25, 0.3) is 0 Å². The topological polar surface area (TPSA) is 58.6 Å². The molecule has 112 valence electrons. The number of carboxylic acid groups (broad SMARTS) is 1. The van der Waals surface area contributed by atoms with E-state index in [4.69, 9.17) is 21.4 Å². The molecule has 2 N–H and O–H groups in total. The first-order valence-corrected chi connectivity index (χ1v) is 7.31. The number of hydrogen-bond acceptors (Lipinski definition) is 3. The van der Waals surface area contributed by atoms with Crippen molar-refractivity contribution >= 4 is 17.6 Å². The van der Waals surface area contributed by atoms with Gasteiger partial charge in [0.15, 0.2) is 0 Å². The summed E-state index contributed by atoms with van der Waals surface area (Å²) in [6.45, 7) is 2.77. The van der Waals surface area contributed by atoms with Gasteiger partial charge in [-0.15, -0.1) is 0 Å². The fourth-order valence-electron chi connectivity index (χ4n) is 1.75. The smallest absolute Gasteiger partial charge is 0.304 e. The number of benzene rings is 1. The summed E-state index contributed by atoms with van der Waals surface area (Å²) in [5.74, 6) is -0.768. The lowest BCUT2D eigenvalue weighted by Gasteiger charge is -2.05. The summed E-state index contributed by atoms with van der Waals surface area (Å²) < 4.78 is 5.52. The standard InChI is InChI=1S/C15H22ClNO3/c16-14-6-4-13(5-7-14)3-1-11-20-12-2-9-17-10-8-15(18)19/h4-7,17H,1-3,8-12H2,(H,18,19). The van der Waals surface area contributed by atoms with E-state index in [0.717, 1.165) is 37.4 Å². The van der Waals surface area contributed by atoms with E-state index in [0.29, 0.717) is 13.2 Å². The lowest BCUT2D eigenvalue weighted by molar-refractivity contribution is -0.136. The Labute approximate surface area is 125 Å². The van der Waals surface area contributed by atoms with E-state index >= 15 is 0 Å². The Bertz CT molecular complexity index is 381. The second-order valence-electron chi connectivity index (χ2n) is 4.59. The Kier molecular flexibility index (Phi) is 9.04. The highest BCUT2D eigenvalue weighted by atomic mass is 35.5. The molecule has 0 aliphatic carbocycles. The van der Waals surface area contributed by atoms with E-state index in [1.807, 2.05) is 24.3 Å². The quantitative estimate of drug-likeness (QED) is 0.617. The van der Waals surface area contributed by atoms with Gasteiger partial charge in [0.1, 0.15) is 0 Å². The second kappa shape index (κ2) is 10.7. The third kappa shape index (κ3) is 8.91. The van der Waals surface area contributed by atoms with Gasteiger partial charge in [0.05, 0.1) is 6.42 Å². The number of carboxylic acids is 1. The average molecular weight is 300 g/mol. The van der Waals surface area contributed by atoms with E-state index in [1.54, 1.807) is 0 Å². The van der Waals surface area contributed by atoms with Crippen LogP contribution in [0.15, 0.2) is 24.3 Å². The third-order valence-electron chi connectivity index (χ3n) is 2.83. The molecule has 0 aliphatic heterocycles. The van der Waals surface area contributed by atoms with Gasteiger partial charge in [0, 0.05) is 24.8 Å². The fraction of sp³-hybridized carbons (Fsp3) is 0.533. The first-order valence-electron chi connectivity index (χ1n) is 6.93. The number of aliphatic carboxylic acids is 1. The van der Waals surface area contributed by atoms with Gasteiger partial charge >= 0.3 is 5.97 Å². The zero-order chi connectivity index (χ0) is 14.6. The van der Waals surface area contributed by atoms with Crippen LogP contribution in [0.4, 0.5) is 0 Å². The van der Waals surface area contributed by atoms with Crippen LogP contribution in [0.1, 0.15) is 24.8 Å². The highest BCUT2D eigenvalue weighted by Gasteiger charge is 1.96. The molecule has 0 spiro atoms. The number of ether oxygens (including phenoxy) is 1. The molecule has 1 rings (SSSR count). The summed E-state index contributed by atoms with van der Waals surface area (Å²) in [5, 5.41) is 12.3. The third-order valence-corrected chi connectivity index (χ3v) is 3.08. The molecule has 0 fully saturated rings. The molecule has 0 amide bonds. The fourth-order valence-corrected chi connectivity index (χ4v) is 1.88. The molecule has 0 radical (unpaired) electrons. The maximum atomic E-state index is 10.3. The van der Waals surface area contributed by atoms with Crippen LogP contribution in [0.25, 0.3) is 0 Å².